The van der Waals surface area contributed by atoms with Crippen LogP contribution >= 0.6 is 0 Å². The number of carbonyl (C=O) groups excluding carboxylic acids is 1. The number of hydrogen-bond donors (Lipinski definition) is 0. The van der Waals surface area contributed by atoms with Crippen LogP contribution in [0.15, 0.2) is 47.4 Å². The molecule has 0 aliphatic carbocycles. The highest BCUT2D eigenvalue weighted by molar-refractivity contribution is 7.92. The summed E-state index contributed by atoms with van der Waals surface area (Å²) >= 11 is 0. The summed E-state index contributed by atoms with van der Waals surface area (Å²) in [4.78, 5) is 13.0. The SMILES string of the molecule is CC(=O)N(C)c1ccc(S(=O)(=O)N(C)c2cccc(C)c2C)cc1. The lowest BCUT2D eigenvalue weighted by atomic mass is 10.1. The summed E-state index contributed by atoms with van der Waals surface area (Å²) < 4.78 is 27.0. The third-order valence-corrected chi connectivity index (χ3v) is 6.06. The Morgan fingerprint density at radius 1 is 0.958 bits per heavy atom. The molecular formula is C18H22N2O3S. The Kier molecular flexibility index (Phi) is 4.99. The van der Waals surface area contributed by atoms with Crippen LogP contribution < -0.4 is 9.21 Å². The number of sulfonamides is 1. The van der Waals surface area contributed by atoms with E-state index in [-0.39, 0.29) is 10.8 Å². The molecule has 0 aliphatic heterocycles. The average molecular weight is 346 g/mol. The molecule has 0 atom stereocenters. The van der Waals surface area contributed by atoms with E-state index in [0.29, 0.717) is 11.4 Å². The van der Waals surface area contributed by atoms with Crippen LogP contribution in [-0.4, -0.2) is 28.4 Å². The molecule has 0 spiro atoms. The molecule has 5 nitrogen and oxygen atoms in total. The predicted octanol–water partition coefficient (Wildman–Crippen LogP) is 3.11. The van der Waals surface area contributed by atoms with E-state index in [1.807, 2.05) is 26.0 Å². The molecule has 6 heteroatoms. The Labute approximate surface area is 143 Å². The second kappa shape index (κ2) is 6.65. The van der Waals surface area contributed by atoms with Crippen molar-refractivity contribution in [3.05, 3.63) is 53.6 Å². The third kappa shape index (κ3) is 3.28. The Hall–Kier alpha value is -2.34. The lowest BCUT2D eigenvalue weighted by Crippen LogP contribution is -2.27. The molecule has 2 rings (SSSR count). The fourth-order valence-corrected chi connectivity index (χ4v) is 3.64. The van der Waals surface area contributed by atoms with Gasteiger partial charge >= 0.3 is 0 Å². The zero-order chi connectivity index (χ0) is 18.1. The van der Waals surface area contributed by atoms with Gasteiger partial charge in [0.05, 0.1) is 10.6 Å². The molecule has 0 unspecified atom stereocenters. The van der Waals surface area contributed by atoms with E-state index >= 15 is 0 Å². The second-order valence-corrected chi connectivity index (χ2v) is 7.73. The van der Waals surface area contributed by atoms with Gasteiger partial charge in [0.1, 0.15) is 0 Å². The molecule has 1 amide bonds. The molecule has 0 saturated carbocycles. The van der Waals surface area contributed by atoms with Crippen molar-refractivity contribution in [3.8, 4) is 0 Å². The van der Waals surface area contributed by atoms with Crippen LogP contribution in [0.2, 0.25) is 0 Å². The number of amides is 1. The van der Waals surface area contributed by atoms with Crippen molar-refractivity contribution in [2.75, 3.05) is 23.3 Å². The molecular weight excluding hydrogens is 324 g/mol. The van der Waals surface area contributed by atoms with Crippen molar-refractivity contribution in [3.63, 3.8) is 0 Å². The molecule has 0 radical (unpaired) electrons. The topological polar surface area (TPSA) is 57.7 Å². The second-order valence-electron chi connectivity index (χ2n) is 5.76. The fourth-order valence-electron chi connectivity index (χ4n) is 2.39. The summed E-state index contributed by atoms with van der Waals surface area (Å²) in [7, 11) is -0.469. The number of carbonyl (C=O) groups is 1. The van der Waals surface area contributed by atoms with Crippen LogP contribution in [0.3, 0.4) is 0 Å². The van der Waals surface area contributed by atoms with Crippen LogP contribution in [0.1, 0.15) is 18.1 Å². The van der Waals surface area contributed by atoms with Gasteiger partial charge in [-0.15, -0.1) is 0 Å². The maximum absolute atomic E-state index is 12.9. The Balaban J connectivity index is 2.40. The molecule has 0 fully saturated rings. The first kappa shape index (κ1) is 18.0. The predicted molar refractivity (Wildman–Crippen MR) is 97.0 cm³/mol. The van der Waals surface area contributed by atoms with Crippen molar-refractivity contribution in [2.24, 2.45) is 0 Å². The highest BCUT2D eigenvalue weighted by Gasteiger charge is 2.23. The van der Waals surface area contributed by atoms with Crippen molar-refractivity contribution < 1.29 is 13.2 Å². The van der Waals surface area contributed by atoms with Gasteiger partial charge in [-0.05, 0) is 55.3 Å². The average Bonchev–Trinajstić information content (AvgIpc) is 2.56. The summed E-state index contributed by atoms with van der Waals surface area (Å²) in [6.45, 7) is 5.31. The van der Waals surface area contributed by atoms with Gasteiger partial charge < -0.3 is 4.90 Å². The number of aryl methyl sites for hydroxylation is 1. The first-order valence-electron chi connectivity index (χ1n) is 7.55. The zero-order valence-corrected chi connectivity index (χ0v) is 15.4. The highest BCUT2D eigenvalue weighted by Crippen LogP contribution is 2.27. The third-order valence-electron chi connectivity index (χ3n) is 4.27. The summed E-state index contributed by atoms with van der Waals surface area (Å²) in [5, 5.41) is 0. The van der Waals surface area contributed by atoms with E-state index < -0.39 is 10.0 Å². The Bertz CT molecular complexity index is 858. The Morgan fingerprint density at radius 3 is 2.08 bits per heavy atom. The maximum Gasteiger partial charge on any atom is 0.264 e. The first-order chi connectivity index (χ1) is 11.2. The van der Waals surface area contributed by atoms with E-state index in [2.05, 4.69) is 0 Å². The maximum atomic E-state index is 12.9. The van der Waals surface area contributed by atoms with Crippen LogP contribution in [0, 0.1) is 13.8 Å². The minimum Gasteiger partial charge on any atom is -0.316 e. The minimum atomic E-state index is -3.66. The van der Waals surface area contributed by atoms with Crippen LogP contribution in [0.25, 0.3) is 0 Å². The van der Waals surface area contributed by atoms with E-state index in [4.69, 9.17) is 0 Å². The van der Waals surface area contributed by atoms with Crippen molar-refractivity contribution >= 4 is 27.3 Å². The van der Waals surface area contributed by atoms with Gasteiger partial charge in [-0.1, -0.05) is 12.1 Å². The van der Waals surface area contributed by atoms with Gasteiger partial charge in [-0.25, -0.2) is 8.42 Å². The van der Waals surface area contributed by atoms with E-state index in [9.17, 15) is 13.2 Å². The lowest BCUT2D eigenvalue weighted by molar-refractivity contribution is -0.116. The number of benzene rings is 2. The zero-order valence-electron chi connectivity index (χ0n) is 14.6. The van der Waals surface area contributed by atoms with E-state index in [1.54, 1.807) is 32.3 Å². The molecule has 128 valence electrons. The Morgan fingerprint density at radius 2 is 1.54 bits per heavy atom. The monoisotopic (exact) mass is 346 g/mol. The quantitative estimate of drug-likeness (QED) is 0.855. The van der Waals surface area contributed by atoms with Crippen LogP contribution in [0.5, 0.6) is 0 Å². The summed E-state index contributed by atoms with van der Waals surface area (Å²) in [6, 6.07) is 11.9. The molecule has 0 N–H and O–H groups in total. The summed E-state index contributed by atoms with van der Waals surface area (Å²) in [6.07, 6.45) is 0. The molecule has 24 heavy (non-hydrogen) atoms. The standard InChI is InChI=1S/C18H22N2O3S/c1-13-7-6-8-18(14(13)2)20(5)24(22,23)17-11-9-16(10-12-17)19(4)15(3)21/h6-12H,1-5H3. The van der Waals surface area contributed by atoms with Gasteiger partial charge in [0, 0.05) is 26.7 Å². The number of rotatable bonds is 4. The number of hydrogen-bond acceptors (Lipinski definition) is 3. The first-order valence-corrected chi connectivity index (χ1v) is 8.99. The van der Waals surface area contributed by atoms with E-state index in [0.717, 1.165) is 11.1 Å². The highest BCUT2D eigenvalue weighted by atomic mass is 32.2. The van der Waals surface area contributed by atoms with Gasteiger partial charge in [-0.3, -0.25) is 9.10 Å². The van der Waals surface area contributed by atoms with Crippen LogP contribution in [0.4, 0.5) is 11.4 Å². The molecule has 0 heterocycles. The van der Waals surface area contributed by atoms with Gasteiger partial charge in [0.15, 0.2) is 0 Å². The number of nitrogens with zero attached hydrogens (tertiary/aromatic N) is 2. The van der Waals surface area contributed by atoms with Crippen molar-refractivity contribution in [1.29, 1.82) is 0 Å². The summed E-state index contributed by atoms with van der Waals surface area (Å²) in [5.41, 5.74) is 3.26. The smallest absolute Gasteiger partial charge is 0.264 e. The minimum absolute atomic E-state index is 0.113. The largest absolute Gasteiger partial charge is 0.316 e. The molecule has 0 aromatic heterocycles. The molecule has 0 bridgehead atoms. The van der Waals surface area contributed by atoms with Gasteiger partial charge in [-0.2, -0.15) is 0 Å². The summed E-state index contributed by atoms with van der Waals surface area (Å²) in [5.74, 6) is -0.113. The fraction of sp³-hybridized carbons (Fsp3) is 0.278. The molecule has 2 aromatic carbocycles. The normalized spacial score (nSPS) is 11.2. The lowest BCUT2D eigenvalue weighted by Gasteiger charge is -2.23. The molecule has 0 aliphatic rings. The van der Waals surface area contributed by atoms with Crippen molar-refractivity contribution in [2.45, 2.75) is 25.7 Å². The van der Waals surface area contributed by atoms with E-state index in [1.165, 1.54) is 28.3 Å². The molecule has 2 aromatic rings. The van der Waals surface area contributed by atoms with Gasteiger partial charge in [0.25, 0.3) is 10.0 Å². The number of anilines is 2. The molecule has 0 saturated heterocycles. The van der Waals surface area contributed by atoms with Crippen LogP contribution in [-0.2, 0) is 14.8 Å². The van der Waals surface area contributed by atoms with Crippen molar-refractivity contribution in [1.82, 2.24) is 0 Å². The van der Waals surface area contributed by atoms with Gasteiger partial charge in [0.2, 0.25) is 5.91 Å².